The van der Waals surface area contributed by atoms with Gasteiger partial charge in [0.15, 0.2) is 0 Å². The highest BCUT2D eigenvalue weighted by molar-refractivity contribution is 5.89. The smallest absolute Gasteiger partial charge is 0.322 e. The molecule has 1 aromatic carbocycles. The molecule has 0 atom stereocenters. The molecule has 0 radical (unpaired) electrons. The lowest BCUT2D eigenvalue weighted by molar-refractivity contribution is -0.136. The van der Waals surface area contributed by atoms with Crippen molar-refractivity contribution in [2.75, 3.05) is 18.5 Å². The van der Waals surface area contributed by atoms with Crippen LogP contribution in [0.1, 0.15) is 24.8 Å². The van der Waals surface area contributed by atoms with Crippen LogP contribution >= 0.6 is 0 Å². The van der Waals surface area contributed by atoms with Gasteiger partial charge in [-0.15, -0.1) is 0 Å². The molecule has 114 valence electrons. The summed E-state index contributed by atoms with van der Waals surface area (Å²) in [5.41, 5.74) is 1.21. The van der Waals surface area contributed by atoms with Crippen LogP contribution in [0.2, 0.25) is 0 Å². The summed E-state index contributed by atoms with van der Waals surface area (Å²) in [5, 5.41) is 20.6. The van der Waals surface area contributed by atoms with E-state index in [1.165, 1.54) is 0 Å². The number of carboxylic acids is 1. The number of carbonyl (C=O) groups is 2. The largest absolute Gasteiger partial charge is 0.481 e. The van der Waals surface area contributed by atoms with E-state index < -0.39 is 5.97 Å². The maximum absolute atomic E-state index is 12.3. The van der Waals surface area contributed by atoms with Crippen molar-refractivity contribution < 1.29 is 19.8 Å². The number of rotatable bonds is 6. The number of carbonyl (C=O) groups excluding carboxylic acids is 1. The fourth-order valence-corrected chi connectivity index (χ4v) is 2.38. The van der Waals surface area contributed by atoms with Gasteiger partial charge in [-0.2, -0.15) is 0 Å². The Bertz CT molecular complexity index is 514. The number of nitrogens with one attached hydrogen (secondary N) is 1. The van der Waals surface area contributed by atoms with E-state index in [1.807, 2.05) is 0 Å². The van der Waals surface area contributed by atoms with Crippen LogP contribution in [0.5, 0.6) is 0 Å². The average Bonchev–Trinajstić information content (AvgIpc) is 2.35. The van der Waals surface area contributed by atoms with Gasteiger partial charge in [-0.1, -0.05) is 12.1 Å². The molecule has 0 saturated heterocycles. The minimum Gasteiger partial charge on any atom is -0.481 e. The van der Waals surface area contributed by atoms with Gasteiger partial charge >= 0.3 is 12.0 Å². The van der Waals surface area contributed by atoms with Crippen LogP contribution in [-0.2, 0) is 11.2 Å². The van der Waals surface area contributed by atoms with Crippen LogP contribution in [0, 0.1) is 0 Å². The molecule has 2 amide bonds. The van der Waals surface area contributed by atoms with Crippen molar-refractivity contribution in [3.63, 3.8) is 0 Å². The molecule has 21 heavy (non-hydrogen) atoms. The first-order valence-electron chi connectivity index (χ1n) is 7.09. The van der Waals surface area contributed by atoms with Crippen LogP contribution in [-0.4, -0.2) is 46.3 Å². The van der Waals surface area contributed by atoms with Gasteiger partial charge in [0.1, 0.15) is 0 Å². The van der Waals surface area contributed by atoms with Crippen molar-refractivity contribution >= 4 is 17.7 Å². The first kappa shape index (κ1) is 15.3. The Morgan fingerprint density at radius 1 is 1.33 bits per heavy atom. The molecule has 0 unspecified atom stereocenters. The van der Waals surface area contributed by atoms with Gasteiger partial charge in [-0.3, -0.25) is 4.79 Å². The number of nitrogens with zero attached hydrogens (tertiary/aromatic N) is 1. The molecule has 1 saturated carbocycles. The number of benzene rings is 1. The first-order chi connectivity index (χ1) is 10.1. The maximum atomic E-state index is 12.3. The number of aliphatic hydroxyl groups is 1. The van der Waals surface area contributed by atoms with Crippen molar-refractivity contribution in [2.24, 2.45) is 0 Å². The minimum absolute atomic E-state index is 0.0665. The lowest BCUT2D eigenvalue weighted by atomic mass is 9.92. The molecule has 1 aliphatic carbocycles. The average molecular weight is 292 g/mol. The number of anilines is 1. The lowest BCUT2D eigenvalue weighted by Gasteiger charge is -2.37. The number of amides is 2. The molecule has 0 bridgehead atoms. The third-order valence-electron chi connectivity index (χ3n) is 3.65. The molecule has 0 aromatic heterocycles. The third kappa shape index (κ3) is 4.19. The summed E-state index contributed by atoms with van der Waals surface area (Å²) in [6.45, 7) is 0.244. The molecule has 0 spiro atoms. The number of aliphatic hydroxyl groups excluding tert-OH is 1. The molecule has 0 aliphatic heterocycles. The fourth-order valence-electron chi connectivity index (χ4n) is 2.38. The molecule has 0 heterocycles. The van der Waals surface area contributed by atoms with E-state index in [9.17, 15) is 9.59 Å². The molecule has 1 aliphatic rings. The van der Waals surface area contributed by atoms with Gasteiger partial charge in [0.2, 0.25) is 0 Å². The zero-order chi connectivity index (χ0) is 15.2. The molecular weight excluding hydrogens is 272 g/mol. The third-order valence-corrected chi connectivity index (χ3v) is 3.65. The van der Waals surface area contributed by atoms with Crippen LogP contribution in [0.3, 0.4) is 0 Å². The van der Waals surface area contributed by atoms with Crippen LogP contribution in [0.15, 0.2) is 24.3 Å². The zero-order valence-corrected chi connectivity index (χ0v) is 11.8. The number of urea groups is 1. The van der Waals surface area contributed by atoms with Crippen LogP contribution in [0.4, 0.5) is 10.5 Å². The summed E-state index contributed by atoms with van der Waals surface area (Å²) >= 11 is 0. The predicted octanol–water partition coefficient (Wildman–Crippen LogP) is 1.69. The van der Waals surface area contributed by atoms with Crippen molar-refractivity contribution in [3.8, 4) is 0 Å². The summed E-state index contributed by atoms with van der Waals surface area (Å²) in [6, 6.07) is 6.75. The van der Waals surface area contributed by atoms with E-state index in [0.717, 1.165) is 19.3 Å². The molecule has 3 N–H and O–H groups in total. The van der Waals surface area contributed by atoms with E-state index >= 15 is 0 Å². The Kier molecular flexibility index (Phi) is 5.16. The predicted molar refractivity (Wildman–Crippen MR) is 78.2 cm³/mol. The van der Waals surface area contributed by atoms with Crippen LogP contribution < -0.4 is 5.32 Å². The normalized spacial score (nSPS) is 14.3. The number of hydrogen-bond acceptors (Lipinski definition) is 3. The summed E-state index contributed by atoms with van der Waals surface area (Å²) in [7, 11) is 0. The van der Waals surface area contributed by atoms with Crippen molar-refractivity contribution in [3.05, 3.63) is 29.8 Å². The van der Waals surface area contributed by atoms with Gasteiger partial charge < -0.3 is 20.4 Å². The van der Waals surface area contributed by atoms with E-state index in [4.69, 9.17) is 10.2 Å². The highest BCUT2D eigenvalue weighted by atomic mass is 16.4. The number of carboxylic acid groups (broad SMARTS) is 1. The second kappa shape index (κ2) is 7.08. The number of aliphatic carboxylic acids is 1. The van der Waals surface area contributed by atoms with E-state index in [2.05, 4.69) is 5.32 Å². The maximum Gasteiger partial charge on any atom is 0.322 e. The van der Waals surface area contributed by atoms with Gasteiger partial charge in [0.05, 0.1) is 13.0 Å². The number of hydrogen-bond donors (Lipinski definition) is 3. The summed E-state index contributed by atoms with van der Waals surface area (Å²) in [4.78, 5) is 24.6. The summed E-state index contributed by atoms with van der Waals surface area (Å²) < 4.78 is 0. The highest BCUT2D eigenvalue weighted by Gasteiger charge is 2.28. The van der Waals surface area contributed by atoms with Gasteiger partial charge in [0, 0.05) is 18.3 Å². The molecular formula is C15H20N2O4. The SMILES string of the molecule is O=C(O)Cc1cccc(NC(=O)N(CCO)C2CCC2)c1. The first-order valence-corrected chi connectivity index (χ1v) is 7.09. The molecule has 6 heteroatoms. The van der Waals surface area contributed by atoms with Gasteiger partial charge in [-0.25, -0.2) is 4.79 Å². The summed E-state index contributed by atoms with van der Waals surface area (Å²) in [5.74, 6) is -0.908. The van der Waals surface area contributed by atoms with Crippen LogP contribution in [0.25, 0.3) is 0 Å². The quantitative estimate of drug-likeness (QED) is 0.744. The Morgan fingerprint density at radius 2 is 2.10 bits per heavy atom. The lowest BCUT2D eigenvalue weighted by Crippen LogP contribution is -2.47. The van der Waals surface area contributed by atoms with E-state index in [-0.39, 0.29) is 25.1 Å². The fraction of sp³-hybridized carbons (Fsp3) is 0.467. The topological polar surface area (TPSA) is 89.9 Å². The van der Waals surface area contributed by atoms with E-state index in [0.29, 0.717) is 17.8 Å². The molecule has 2 rings (SSSR count). The molecule has 6 nitrogen and oxygen atoms in total. The van der Waals surface area contributed by atoms with Gasteiger partial charge in [0.25, 0.3) is 0 Å². The second-order valence-corrected chi connectivity index (χ2v) is 5.20. The Balaban J connectivity index is 2.01. The second-order valence-electron chi connectivity index (χ2n) is 5.20. The minimum atomic E-state index is -0.908. The van der Waals surface area contributed by atoms with Gasteiger partial charge in [-0.05, 0) is 37.0 Å². The highest BCUT2D eigenvalue weighted by Crippen LogP contribution is 2.25. The Hall–Kier alpha value is -2.08. The Morgan fingerprint density at radius 3 is 2.67 bits per heavy atom. The van der Waals surface area contributed by atoms with Crippen molar-refractivity contribution in [1.29, 1.82) is 0 Å². The van der Waals surface area contributed by atoms with E-state index in [1.54, 1.807) is 29.2 Å². The monoisotopic (exact) mass is 292 g/mol. The molecule has 1 fully saturated rings. The zero-order valence-electron chi connectivity index (χ0n) is 11.8. The Labute approximate surface area is 123 Å². The molecule has 1 aromatic rings. The van der Waals surface area contributed by atoms with Crippen molar-refractivity contribution in [1.82, 2.24) is 4.90 Å². The van der Waals surface area contributed by atoms with Crippen molar-refractivity contribution in [2.45, 2.75) is 31.7 Å². The summed E-state index contributed by atoms with van der Waals surface area (Å²) in [6.07, 6.45) is 2.96. The standard InChI is InChI=1S/C15H20N2O4/c18-8-7-17(13-5-2-6-13)15(21)16-12-4-1-3-11(9-12)10-14(19)20/h1,3-4,9,13,18H,2,5-8,10H2,(H,16,21)(H,19,20).